The third-order valence-corrected chi connectivity index (χ3v) is 6.91. The molecule has 1 fully saturated rings. The van der Waals surface area contributed by atoms with Crippen LogP contribution >= 0.6 is 39.3 Å². The average molecular weight is 621 g/mol. The number of rotatable bonds is 8. The normalized spacial score (nSPS) is 14.2. The molecule has 1 N–H and O–H groups in total. The molecule has 0 radical (unpaired) electrons. The van der Waals surface area contributed by atoms with Crippen molar-refractivity contribution in [1.82, 2.24) is 4.90 Å². The number of nitro groups is 1. The van der Waals surface area contributed by atoms with E-state index in [9.17, 15) is 28.9 Å². The second-order valence-corrected chi connectivity index (χ2v) is 10.1. The third kappa shape index (κ3) is 6.57. The van der Waals surface area contributed by atoms with E-state index < -0.39 is 34.3 Å². The van der Waals surface area contributed by atoms with E-state index in [2.05, 4.69) is 21.2 Å². The lowest BCUT2D eigenvalue weighted by Gasteiger charge is -2.12. The fraction of sp³-hybridized carbons (Fsp3) is 0.0800. The second kappa shape index (κ2) is 11.8. The summed E-state index contributed by atoms with van der Waals surface area (Å²) in [7, 11) is 0. The minimum Gasteiger partial charge on any atom is -0.486 e. The topological polar surface area (TPSA) is 119 Å². The van der Waals surface area contributed by atoms with Gasteiger partial charge in [-0.1, -0.05) is 17.7 Å². The van der Waals surface area contributed by atoms with E-state index in [4.69, 9.17) is 16.3 Å². The highest BCUT2D eigenvalue weighted by Crippen LogP contribution is 2.38. The van der Waals surface area contributed by atoms with Crippen LogP contribution in [0.25, 0.3) is 6.08 Å². The van der Waals surface area contributed by atoms with Gasteiger partial charge in [-0.15, -0.1) is 0 Å². The Hall–Kier alpha value is -3.74. The van der Waals surface area contributed by atoms with Crippen LogP contribution in [-0.4, -0.2) is 33.4 Å². The van der Waals surface area contributed by atoms with Crippen LogP contribution in [0.2, 0.25) is 5.02 Å². The summed E-state index contributed by atoms with van der Waals surface area (Å²) in [6.07, 6.45) is 1.46. The number of benzene rings is 3. The van der Waals surface area contributed by atoms with Crippen molar-refractivity contribution < 1.29 is 28.4 Å². The average Bonchev–Trinajstić information content (AvgIpc) is 3.11. The van der Waals surface area contributed by atoms with Gasteiger partial charge in [-0.05, 0) is 87.4 Å². The van der Waals surface area contributed by atoms with Gasteiger partial charge in [-0.2, -0.15) is 0 Å². The lowest BCUT2D eigenvalue weighted by atomic mass is 10.2. The Morgan fingerprint density at radius 1 is 1.18 bits per heavy atom. The fourth-order valence-electron chi connectivity index (χ4n) is 3.37. The molecule has 0 aliphatic carbocycles. The van der Waals surface area contributed by atoms with E-state index >= 15 is 0 Å². The van der Waals surface area contributed by atoms with Gasteiger partial charge in [0.2, 0.25) is 5.91 Å². The van der Waals surface area contributed by atoms with Crippen LogP contribution in [0.3, 0.4) is 0 Å². The molecule has 13 heteroatoms. The summed E-state index contributed by atoms with van der Waals surface area (Å²) in [5, 5.41) is 12.8. The maximum Gasteiger partial charge on any atom is 0.294 e. The summed E-state index contributed by atoms with van der Waals surface area (Å²) < 4.78 is 19.6. The van der Waals surface area contributed by atoms with E-state index in [-0.39, 0.29) is 27.9 Å². The first kappa shape index (κ1) is 27.3. The van der Waals surface area contributed by atoms with Crippen LogP contribution in [0, 0.1) is 15.9 Å². The van der Waals surface area contributed by atoms with Crippen molar-refractivity contribution in [1.29, 1.82) is 0 Å². The standard InChI is InChI=1S/C25H16BrClFN3O6S/c26-19-8-15(9-20(27)23(19)37-13-14-4-6-18(7-5-14)31(35)36)10-21-24(33)30(25(34)38-21)12-22(32)29-17-3-1-2-16(28)11-17/h1-11H,12-13H2,(H,29,32)/b21-10+. The van der Waals surface area contributed by atoms with Crippen molar-refractivity contribution in [3.05, 3.63) is 102 Å². The summed E-state index contributed by atoms with van der Waals surface area (Å²) in [4.78, 5) is 48.7. The zero-order chi connectivity index (χ0) is 27.4. The van der Waals surface area contributed by atoms with Crippen molar-refractivity contribution in [3.8, 4) is 5.75 Å². The van der Waals surface area contributed by atoms with E-state index in [0.717, 1.165) is 11.0 Å². The number of nitro benzene ring substituents is 1. The maximum absolute atomic E-state index is 13.3. The maximum atomic E-state index is 13.3. The number of carbonyl (C=O) groups is 3. The Bertz CT molecular complexity index is 1460. The van der Waals surface area contributed by atoms with Gasteiger partial charge in [0.25, 0.3) is 16.8 Å². The van der Waals surface area contributed by atoms with Gasteiger partial charge in [-0.25, -0.2) is 4.39 Å². The van der Waals surface area contributed by atoms with E-state index in [1.165, 1.54) is 36.4 Å². The second-order valence-electron chi connectivity index (χ2n) is 7.85. The lowest BCUT2D eigenvalue weighted by Crippen LogP contribution is -2.36. The van der Waals surface area contributed by atoms with Crippen molar-refractivity contribution in [2.75, 3.05) is 11.9 Å². The molecule has 1 saturated heterocycles. The molecular weight excluding hydrogens is 605 g/mol. The van der Waals surface area contributed by atoms with Crippen LogP contribution in [0.15, 0.2) is 70.0 Å². The molecule has 1 aliphatic rings. The van der Waals surface area contributed by atoms with E-state index in [0.29, 0.717) is 33.1 Å². The highest BCUT2D eigenvalue weighted by molar-refractivity contribution is 9.10. The zero-order valence-electron chi connectivity index (χ0n) is 19.2. The van der Waals surface area contributed by atoms with Crippen molar-refractivity contribution in [3.63, 3.8) is 0 Å². The summed E-state index contributed by atoms with van der Waals surface area (Å²) >= 11 is 10.4. The van der Waals surface area contributed by atoms with Crippen molar-refractivity contribution in [2.24, 2.45) is 0 Å². The number of imide groups is 1. The van der Waals surface area contributed by atoms with Crippen LogP contribution in [0.4, 0.5) is 20.6 Å². The van der Waals surface area contributed by atoms with Gasteiger partial charge < -0.3 is 10.1 Å². The number of halogens is 3. The minimum atomic E-state index is -0.653. The zero-order valence-corrected chi connectivity index (χ0v) is 22.3. The SMILES string of the molecule is O=C(CN1C(=O)S/C(=C/c2cc(Cl)c(OCc3ccc([N+](=O)[O-])cc3)c(Br)c2)C1=O)Nc1cccc(F)c1. The molecule has 1 aliphatic heterocycles. The van der Waals surface area contributed by atoms with Gasteiger partial charge in [0, 0.05) is 17.8 Å². The molecule has 9 nitrogen and oxygen atoms in total. The predicted molar refractivity (Wildman–Crippen MR) is 144 cm³/mol. The first-order valence-electron chi connectivity index (χ1n) is 10.8. The largest absolute Gasteiger partial charge is 0.486 e. The fourth-order valence-corrected chi connectivity index (χ4v) is 5.20. The number of amides is 3. The highest BCUT2D eigenvalue weighted by atomic mass is 79.9. The number of nitrogens with one attached hydrogen (secondary N) is 1. The number of non-ortho nitro benzene ring substituents is 1. The number of anilines is 1. The molecule has 3 aromatic rings. The molecular formula is C25H16BrClFN3O6S. The molecule has 1 heterocycles. The quantitative estimate of drug-likeness (QED) is 0.176. The minimum absolute atomic E-state index is 0.0334. The number of thioether (sulfide) groups is 1. The van der Waals surface area contributed by atoms with Gasteiger partial charge in [-0.3, -0.25) is 29.4 Å². The lowest BCUT2D eigenvalue weighted by molar-refractivity contribution is -0.384. The molecule has 4 rings (SSSR count). The molecule has 0 bridgehead atoms. The summed E-state index contributed by atoms with van der Waals surface area (Å²) in [6, 6.07) is 14.3. The monoisotopic (exact) mass is 619 g/mol. The van der Waals surface area contributed by atoms with Crippen molar-refractivity contribution >= 4 is 73.8 Å². The molecule has 0 aromatic heterocycles. The van der Waals surface area contributed by atoms with Crippen molar-refractivity contribution in [2.45, 2.75) is 6.61 Å². The number of carbonyl (C=O) groups excluding carboxylic acids is 3. The Morgan fingerprint density at radius 2 is 1.92 bits per heavy atom. The van der Waals surface area contributed by atoms with Gasteiger partial charge in [0.05, 0.1) is 19.3 Å². The van der Waals surface area contributed by atoms with Crippen LogP contribution in [0.1, 0.15) is 11.1 Å². The molecule has 3 aromatic carbocycles. The highest BCUT2D eigenvalue weighted by Gasteiger charge is 2.36. The van der Waals surface area contributed by atoms with Gasteiger partial charge in [0.15, 0.2) is 5.75 Å². The summed E-state index contributed by atoms with van der Waals surface area (Å²) in [5.41, 5.74) is 1.36. The van der Waals surface area contributed by atoms with Gasteiger partial charge in [0.1, 0.15) is 19.0 Å². The molecule has 0 atom stereocenters. The Balaban J connectivity index is 1.42. The summed E-state index contributed by atoms with van der Waals surface area (Å²) in [6.45, 7) is -0.426. The number of ether oxygens (including phenoxy) is 1. The van der Waals surface area contributed by atoms with Gasteiger partial charge >= 0.3 is 0 Å². The molecule has 194 valence electrons. The number of hydrogen-bond acceptors (Lipinski definition) is 7. The van der Waals surface area contributed by atoms with Crippen LogP contribution in [-0.2, 0) is 16.2 Å². The molecule has 0 spiro atoms. The Labute approximate surface area is 232 Å². The first-order chi connectivity index (χ1) is 18.1. The molecule has 0 saturated carbocycles. The molecule has 38 heavy (non-hydrogen) atoms. The summed E-state index contributed by atoms with van der Waals surface area (Å²) in [5.74, 6) is -1.52. The van der Waals surface area contributed by atoms with Crippen LogP contribution < -0.4 is 10.1 Å². The molecule has 0 unspecified atom stereocenters. The predicted octanol–water partition coefficient (Wildman–Crippen LogP) is 6.40. The smallest absolute Gasteiger partial charge is 0.294 e. The Morgan fingerprint density at radius 3 is 2.58 bits per heavy atom. The number of hydrogen-bond donors (Lipinski definition) is 1. The van der Waals surface area contributed by atoms with E-state index in [1.807, 2.05) is 0 Å². The third-order valence-electron chi connectivity index (χ3n) is 5.13. The number of nitrogens with zero attached hydrogens (tertiary/aromatic N) is 2. The Kier molecular flexibility index (Phi) is 8.45. The van der Waals surface area contributed by atoms with E-state index in [1.54, 1.807) is 24.3 Å². The van der Waals surface area contributed by atoms with Crippen LogP contribution in [0.5, 0.6) is 5.75 Å². The first-order valence-corrected chi connectivity index (χ1v) is 12.8. The molecule has 3 amide bonds.